The van der Waals surface area contributed by atoms with Gasteiger partial charge in [-0.15, -0.1) is 0 Å². The highest BCUT2D eigenvalue weighted by atomic mass is 16.6. The van der Waals surface area contributed by atoms with Crippen molar-refractivity contribution in [2.75, 3.05) is 0 Å². The molecule has 0 spiro atoms. The Morgan fingerprint density at radius 2 is 2.00 bits per heavy atom. The summed E-state index contributed by atoms with van der Waals surface area (Å²) in [5.41, 5.74) is 1.96. The van der Waals surface area contributed by atoms with Crippen LogP contribution in [0.4, 0.5) is 5.69 Å². The van der Waals surface area contributed by atoms with Crippen LogP contribution in [-0.2, 0) is 11.3 Å². The zero-order chi connectivity index (χ0) is 14.5. The summed E-state index contributed by atoms with van der Waals surface area (Å²) in [7, 11) is 0. The van der Waals surface area contributed by atoms with Gasteiger partial charge in [-0.1, -0.05) is 18.2 Å². The monoisotopic (exact) mass is 272 g/mol. The van der Waals surface area contributed by atoms with Crippen molar-refractivity contribution in [1.29, 1.82) is 0 Å². The summed E-state index contributed by atoms with van der Waals surface area (Å²) in [6, 6.07) is 6.20. The Morgan fingerprint density at radius 1 is 1.30 bits per heavy atom. The standard InChI is InChI=1S/C14H12N2O4/c17-14(18)11-3-5-12(6-4-11)15-9-10-1-7-13(8-2-10)16(19)20/h1-5,7-8H,6,9H2,(H,17,18). The average molecular weight is 272 g/mol. The first-order chi connectivity index (χ1) is 9.56. The lowest BCUT2D eigenvalue weighted by Crippen LogP contribution is -2.05. The molecular weight excluding hydrogens is 260 g/mol. The zero-order valence-corrected chi connectivity index (χ0v) is 10.5. The van der Waals surface area contributed by atoms with E-state index in [2.05, 4.69) is 4.99 Å². The minimum Gasteiger partial charge on any atom is -0.478 e. The van der Waals surface area contributed by atoms with Crippen LogP contribution in [0.1, 0.15) is 12.0 Å². The predicted molar refractivity (Wildman–Crippen MR) is 73.7 cm³/mol. The highest BCUT2D eigenvalue weighted by Crippen LogP contribution is 2.14. The van der Waals surface area contributed by atoms with Crippen LogP contribution in [-0.4, -0.2) is 21.7 Å². The van der Waals surface area contributed by atoms with Crippen molar-refractivity contribution in [1.82, 2.24) is 0 Å². The summed E-state index contributed by atoms with van der Waals surface area (Å²) in [5, 5.41) is 19.3. The number of aliphatic carboxylic acids is 1. The molecule has 0 aromatic heterocycles. The number of allylic oxidation sites excluding steroid dienone is 2. The molecule has 6 nitrogen and oxygen atoms in total. The van der Waals surface area contributed by atoms with E-state index in [1.165, 1.54) is 18.2 Å². The molecule has 0 bridgehead atoms. The van der Waals surface area contributed by atoms with Gasteiger partial charge in [-0.2, -0.15) is 0 Å². The van der Waals surface area contributed by atoms with E-state index in [1.807, 2.05) is 0 Å². The van der Waals surface area contributed by atoms with E-state index in [0.717, 1.165) is 11.3 Å². The minimum absolute atomic E-state index is 0.0491. The third-order valence-corrected chi connectivity index (χ3v) is 2.85. The van der Waals surface area contributed by atoms with E-state index in [1.54, 1.807) is 24.3 Å². The maximum atomic E-state index is 10.7. The molecule has 6 heteroatoms. The molecule has 1 aromatic rings. The van der Waals surface area contributed by atoms with E-state index < -0.39 is 10.9 Å². The molecule has 0 saturated heterocycles. The average Bonchev–Trinajstić information content (AvgIpc) is 2.46. The van der Waals surface area contributed by atoms with Crippen molar-refractivity contribution in [3.05, 3.63) is 63.7 Å². The molecule has 0 atom stereocenters. The Labute approximate surface area is 114 Å². The van der Waals surface area contributed by atoms with Crippen molar-refractivity contribution in [2.24, 2.45) is 4.99 Å². The van der Waals surface area contributed by atoms with Crippen LogP contribution in [0.3, 0.4) is 0 Å². The Kier molecular flexibility index (Phi) is 4.05. The van der Waals surface area contributed by atoms with Crippen molar-refractivity contribution >= 4 is 17.4 Å². The third kappa shape index (κ3) is 3.38. The van der Waals surface area contributed by atoms with Gasteiger partial charge in [-0.05, 0) is 17.7 Å². The van der Waals surface area contributed by atoms with Gasteiger partial charge >= 0.3 is 5.97 Å². The number of aliphatic imine (C=N–C) groups is 1. The molecule has 0 amide bonds. The second-order valence-electron chi connectivity index (χ2n) is 4.23. The van der Waals surface area contributed by atoms with Crippen LogP contribution >= 0.6 is 0 Å². The first-order valence-electron chi connectivity index (χ1n) is 5.94. The Morgan fingerprint density at radius 3 is 2.50 bits per heavy atom. The molecule has 20 heavy (non-hydrogen) atoms. The van der Waals surface area contributed by atoms with E-state index in [9.17, 15) is 14.9 Å². The number of nitrogens with zero attached hydrogens (tertiary/aromatic N) is 2. The quantitative estimate of drug-likeness (QED) is 0.673. The molecule has 0 radical (unpaired) electrons. The molecule has 1 aliphatic carbocycles. The SMILES string of the molecule is O=C(O)C1=CCC(=NCc2ccc([N+](=O)[O-])cc2)C=C1. The summed E-state index contributed by atoms with van der Waals surface area (Å²) in [5.74, 6) is -0.948. The number of hydrogen-bond donors (Lipinski definition) is 1. The molecule has 1 aliphatic rings. The number of benzene rings is 1. The van der Waals surface area contributed by atoms with Crippen molar-refractivity contribution in [2.45, 2.75) is 13.0 Å². The van der Waals surface area contributed by atoms with Gasteiger partial charge in [0, 0.05) is 24.3 Å². The van der Waals surface area contributed by atoms with E-state index in [4.69, 9.17) is 5.11 Å². The predicted octanol–water partition coefficient (Wildman–Crippen LogP) is 2.51. The lowest BCUT2D eigenvalue weighted by Gasteiger charge is -2.05. The number of carboxylic acids is 1. The Hall–Kier alpha value is -2.76. The van der Waals surface area contributed by atoms with E-state index >= 15 is 0 Å². The third-order valence-electron chi connectivity index (χ3n) is 2.85. The van der Waals surface area contributed by atoms with Crippen molar-refractivity contribution in [3.63, 3.8) is 0 Å². The van der Waals surface area contributed by atoms with Gasteiger partial charge in [0.05, 0.1) is 17.0 Å². The smallest absolute Gasteiger partial charge is 0.335 e. The fourth-order valence-corrected chi connectivity index (χ4v) is 1.73. The lowest BCUT2D eigenvalue weighted by atomic mass is 10.1. The first-order valence-corrected chi connectivity index (χ1v) is 5.94. The molecule has 0 saturated carbocycles. The van der Waals surface area contributed by atoms with Crippen LogP contribution in [0.2, 0.25) is 0 Å². The number of non-ortho nitro benzene ring substituents is 1. The largest absolute Gasteiger partial charge is 0.478 e. The fourth-order valence-electron chi connectivity index (χ4n) is 1.73. The van der Waals surface area contributed by atoms with Crippen LogP contribution in [0, 0.1) is 10.1 Å². The van der Waals surface area contributed by atoms with Gasteiger partial charge in [0.15, 0.2) is 0 Å². The summed E-state index contributed by atoms with van der Waals surface area (Å²) < 4.78 is 0. The molecule has 102 valence electrons. The maximum absolute atomic E-state index is 10.7. The van der Waals surface area contributed by atoms with Crippen LogP contribution in [0.15, 0.2) is 53.1 Å². The maximum Gasteiger partial charge on any atom is 0.335 e. The lowest BCUT2D eigenvalue weighted by molar-refractivity contribution is -0.384. The van der Waals surface area contributed by atoms with Crippen LogP contribution in [0.5, 0.6) is 0 Å². The van der Waals surface area contributed by atoms with E-state index in [0.29, 0.717) is 13.0 Å². The highest BCUT2D eigenvalue weighted by Gasteiger charge is 2.08. The van der Waals surface area contributed by atoms with Gasteiger partial charge in [-0.3, -0.25) is 15.1 Å². The number of nitro benzene ring substituents is 1. The van der Waals surface area contributed by atoms with Gasteiger partial charge in [0.2, 0.25) is 0 Å². The van der Waals surface area contributed by atoms with Crippen molar-refractivity contribution in [3.8, 4) is 0 Å². The second-order valence-corrected chi connectivity index (χ2v) is 4.23. The topological polar surface area (TPSA) is 92.8 Å². The molecule has 1 N–H and O–H groups in total. The number of hydrogen-bond acceptors (Lipinski definition) is 4. The summed E-state index contributed by atoms with van der Waals surface area (Å²) >= 11 is 0. The second kappa shape index (κ2) is 5.92. The normalized spacial score (nSPS) is 16.0. The molecule has 1 aromatic carbocycles. The summed E-state index contributed by atoms with van der Waals surface area (Å²) in [4.78, 5) is 25.1. The molecule has 2 rings (SSSR count). The number of carboxylic acid groups (broad SMARTS) is 1. The molecule has 0 fully saturated rings. The fraction of sp³-hybridized carbons (Fsp3) is 0.143. The molecule has 0 aliphatic heterocycles. The molecular formula is C14H12N2O4. The van der Waals surface area contributed by atoms with Crippen molar-refractivity contribution < 1.29 is 14.8 Å². The number of rotatable bonds is 4. The Bertz CT molecular complexity index is 627. The zero-order valence-electron chi connectivity index (χ0n) is 10.5. The molecule has 0 unspecified atom stereocenters. The van der Waals surface area contributed by atoms with Gasteiger partial charge in [-0.25, -0.2) is 4.79 Å². The van der Waals surface area contributed by atoms with Crippen LogP contribution < -0.4 is 0 Å². The number of carbonyl (C=O) groups is 1. The molecule has 0 heterocycles. The van der Waals surface area contributed by atoms with E-state index in [-0.39, 0.29) is 11.3 Å². The number of nitro groups is 1. The van der Waals surface area contributed by atoms with Crippen LogP contribution in [0.25, 0.3) is 0 Å². The minimum atomic E-state index is -0.948. The van der Waals surface area contributed by atoms with Gasteiger partial charge in [0.1, 0.15) is 0 Å². The first kappa shape index (κ1) is 13.7. The van der Waals surface area contributed by atoms with Gasteiger partial charge < -0.3 is 5.11 Å². The highest BCUT2D eigenvalue weighted by molar-refractivity contribution is 6.02. The summed E-state index contributed by atoms with van der Waals surface area (Å²) in [6.45, 7) is 0.411. The van der Waals surface area contributed by atoms with Gasteiger partial charge in [0.25, 0.3) is 5.69 Å². The Balaban J connectivity index is 1.99. The summed E-state index contributed by atoms with van der Waals surface area (Å²) in [6.07, 6.45) is 5.28.